The first kappa shape index (κ1) is 11.5. The number of nitrogens with zero attached hydrogens (tertiary/aromatic N) is 1. The van der Waals surface area contributed by atoms with Gasteiger partial charge in [-0.3, -0.25) is 9.69 Å². The van der Waals surface area contributed by atoms with Crippen LogP contribution in [0.2, 0.25) is 0 Å². The highest BCUT2D eigenvalue weighted by Gasteiger charge is 2.30. The average Bonchev–Trinajstić information content (AvgIpc) is 2.63. The van der Waals surface area contributed by atoms with Crippen LogP contribution in [0, 0.1) is 11.8 Å². The van der Waals surface area contributed by atoms with Gasteiger partial charge in [-0.1, -0.05) is 20.3 Å². The minimum Gasteiger partial charge on any atom is -0.481 e. The van der Waals surface area contributed by atoms with E-state index in [4.69, 9.17) is 5.11 Å². The monoisotopic (exact) mass is 199 g/mol. The number of carboxylic acids is 1. The molecule has 0 bridgehead atoms. The number of hydrogen-bond donors (Lipinski definition) is 1. The van der Waals surface area contributed by atoms with E-state index in [1.54, 1.807) is 6.92 Å². The molecule has 3 nitrogen and oxygen atoms in total. The Hall–Kier alpha value is -0.570. The first-order chi connectivity index (χ1) is 6.56. The second-order valence-corrected chi connectivity index (χ2v) is 4.43. The van der Waals surface area contributed by atoms with E-state index in [-0.39, 0.29) is 12.0 Å². The van der Waals surface area contributed by atoms with Crippen molar-refractivity contribution < 1.29 is 9.90 Å². The van der Waals surface area contributed by atoms with Gasteiger partial charge in [0.05, 0.1) is 5.92 Å². The van der Waals surface area contributed by atoms with E-state index < -0.39 is 5.97 Å². The van der Waals surface area contributed by atoms with Gasteiger partial charge in [0.25, 0.3) is 0 Å². The molecule has 1 aliphatic rings. The van der Waals surface area contributed by atoms with E-state index in [9.17, 15) is 4.79 Å². The summed E-state index contributed by atoms with van der Waals surface area (Å²) < 4.78 is 0. The molecule has 0 saturated carbocycles. The van der Waals surface area contributed by atoms with Crippen molar-refractivity contribution in [1.29, 1.82) is 0 Å². The molecule has 0 spiro atoms. The minimum absolute atomic E-state index is 0.170. The fourth-order valence-corrected chi connectivity index (χ4v) is 2.09. The molecule has 14 heavy (non-hydrogen) atoms. The Labute approximate surface area is 86.1 Å². The zero-order chi connectivity index (χ0) is 10.7. The maximum absolute atomic E-state index is 10.8. The summed E-state index contributed by atoms with van der Waals surface area (Å²) in [7, 11) is 0. The Morgan fingerprint density at radius 3 is 2.64 bits per heavy atom. The summed E-state index contributed by atoms with van der Waals surface area (Å²) in [5, 5.41) is 8.91. The molecule has 1 rings (SSSR count). The summed E-state index contributed by atoms with van der Waals surface area (Å²) >= 11 is 0. The number of carbonyl (C=O) groups is 1. The molecule has 1 heterocycles. The first-order valence-electron chi connectivity index (χ1n) is 5.53. The third kappa shape index (κ3) is 2.47. The highest BCUT2D eigenvalue weighted by Crippen LogP contribution is 2.23. The van der Waals surface area contributed by atoms with E-state index in [0.717, 1.165) is 19.0 Å². The maximum Gasteiger partial charge on any atom is 0.307 e. The number of likely N-dealkylation sites (tertiary alicyclic amines) is 1. The lowest BCUT2D eigenvalue weighted by molar-refractivity contribution is -0.143. The van der Waals surface area contributed by atoms with Crippen LogP contribution < -0.4 is 0 Å². The fourth-order valence-electron chi connectivity index (χ4n) is 2.09. The van der Waals surface area contributed by atoms with Gasteiger partial charge >= 0.3 is 5.97 Å². The lowest BCUT2D eigenvalue weighted by Crippen LogP contribution is -2.39. The van der Waals surface area contributed by atoms with Crippen LogP contribution in [-0.4, -0.2) is 35.1 Å². The second kappa shape index (κ2) is 4.78. The normalized spacial score (nSPS) is 27.5. The molecule has 3 atom stereocenters. The third-order valence-electron chi connectivity index (χ3n) is 3.58. The lowest BCUT2D eigenvalue weighted by atomic mass is 10.0. The first-order valence-corrected chi connectivity index (χ1v) is 5.53. The van der Waals surface area contributed by atoms with E-state index in [2.05, 4.69) is 11.8 Å². The molecule has 3 heteroatoms. The highest BCUT2D eigenvalue weighted by atomic mass is 16.4. The molecular weight excluding hydrogens is 178 g/mol. The molecular formula is C11H21NO2. The summed E-state index contributed by atoms with van der Waals surface area (Å²) in [5.41, 5.74) is 0. The van der Waals surface area contributed by atoms with Gasteiger partial charge in [-0.2, -0.15) is 0 Å². The largest absolute Gasteiger partial charge is 0.481 e. The van der Waals surface area contributed by atoms with Crippen LogP contribution in [0.1, 0.15) is 33.6 Å². The summed E-state index contributed by atoms with van der Waals surface area (Å²) in [5.74, 6) is -0.165. The molecule has 3 unspecified atom stereocenters. The van der Waals surface area contributed by atoms with Crippen molar-refractivity contribution in [3.05, 3.63) is 0 Å². The van der Waals surface area contributed by atoms with Gasteiger partial charge in [0.15, 0.2) is 0 Å². The van der Waals surface area contributed by atoms with E-state index in [1.807, 2.05) is 6.92 Å². The van der Waals surface area contributed by atoms with Crippen molar-refractivity contribution in [2.75, 3.05) is 13.1 Å². The van der Waals surface area contributed by atoms with Crippen molar-refractivity contribution in [2.24, 2.45) is 11.8 Å². The highest BCUT2D eigenvalue weighted by molar-refractivity contribution is 5.70. The van der Waals surface area contributed by atoms with Crippen molar-refractivity contribution in [1.82, 2.24) is 4.90 Å². The van der Waals surface area contributed by atoms with Crippen LogP contribution in [0.5, 0.6) is 0 Å². The molecule has 0 aromatic rings. The minimum atomic E-state index is -0.683. The SMILES string of the molecule is CCC1CCN(C(C)C(C)C(=O)O)C1. The third-order valence-corrected chi connectivity index (χ3v) is 3.58. The van der Waals surface area contributed by atoms with Crippen molar-refractivity contribution >= 4 is 5.97 Å². The zero-order valence-electron chi connectivity index (χ0n) is 9.36. The molecule has 1 N–H and O–H groups in total. The van der Waals surface area contributed by atoms with E-state index in [1.165, 1.54) is 12.8 Å². The second-order valence-electron chi connectivity index (χ2n) is 4.43. The molecule has 82 valence electrons. The van der Waals surface area contributed by atoms with Crippen LogP contribution in [-0.2, 0) is 4.79 Å². The van der Waals surface area contributed by atoms with Gasteiger partial charge in [-0.05, 0) is 25.8 Å². The van der Waals surface area contributed by atoms with Gasteiger partial charge in [-0.25, -0.2) is 0 Å². The molecule has 0 amide bonds. The summed E-state index contributed by atoms with van der Waals surface area (Å²) in [4.78, 5) is 13.1. The summed E-state index contributed by atoms with van der Waals surface area (Å²) in [6.45, 7) is 8.18. The predicted octanol–water partition coefficient (Wildman–Crippen LogP) is 1.83. The Kier molecular flexibility index (Phi) is 3.93. The van der Waals surface area contributed by atoms with Gasteiger partial charge in [0.1, 0.15) is 0 Å². The van der Waals surface area contributed by atoms with Gasteiger partial charge < -0.3 is 5.11 Å². The molecule has 1 aliphatic heterocycles. The van der Waals surface area contributed by atoms with Crippen LogP contribution >= 0.6 is 0 Å². The molecule has 1 fully saturated rings. The maximum atomic E-state index is 10.8. The number of hydrogen-bond acceptors (Lipinski definition) is 2. The van der Waals surface area contributed by atoms with Crippen molar-refractivity contribution in [3.8, 4) is 0 Å². The van der Waals surface area contributed by atoms with Crippen molar-refractivity contribution in [3.63, 3.8) is 0 Å². The summed E-state index contributed by atoms with van der Waals surface area (Å²) in [6.07, 6.45) is 2.44. The molecule has 1 saturated heterocycles. The van der Waals surface area contributed by atoms with Crippen molar-refractivity contribution in [2.45, 2.75) is 39.7 Å². The fraction of sp³-hybridized carbons (Fsp3) is 0.909. The van der Waals surface area contributed by atoms with Crippen LogP contribution in [0.3, 0.4) is 0 Å². The quantitative estimate of drug-likeness (QED) is 0.751. The smallest absolute Gasteiger partial charge is 0.307 e. The number of aliphatic carboxylic acids is 1. The van der Waals surface area contributed by atoms with Gasteiger partial charge in [-0.15, -0.1) is 0 Å². The van der Waals surface area contributed by atoms with E-state index >= 15 is 0 Å². The zero-order valence-corrected chi connectivity index (χ0v) is 9.36. The van der Waals surface area contributed by atoms with Crippen LogP contribution in [0.25, 0.3) is 0 Å². The Bertz CT molecular complexity index is 205. The van der Waals surface area contributed by atoms with Crippen LogP contribution in [0.4, 0.5) is 0 Å². The number of rotatable bonds is 4. The Morgan fingerprint density at radius 2 is 2.21 bits per heavy atom. The summed E-state index contributed by atoms with van der Waals surface area (Å²) in [6, 6.07) is 0.170. The molecule has 0 aliphatic carbocycles. The predicted molar refractivity (Wildman–Crippen MR) is 56.2 cm³/mol. The topological polar surface area (TPSA) is 40.5 Å². The van der Waals surface area contributed by atoms with Gasteiger partial charge in [0.2, 0.25) is 0 Å². The lowest BCUT2D eigenvalue weighted by Gasteiger charge is -2.27. The van der Waals surface area contributed by atoms with Gasteiger partial charge in [0, 0.05) is 12.6 Å². The molecule has 0 radical (unpaired) electrons. The number of carboxylic acid groups (broad SMARTS) is 1. The standard InChI is InChI=1S/C11H21NO2/c1-4-10-5-6-12(7-10)9(3)8(2)11(13)14/h8-10H,4-7H2,1-3H3,(H,13,14). The molecule has 0 aromatic heterocycles. The average molecular weight is 199 g/mol. The Morgan fingerprint density at radius 1 is 1.57 bits per heavy atom. The van der Waals surface area contributed by atoms with E-state index in [0.29, 0.717) is 0 Å². The molecule has 0 aromatic carbocycles. The van der Waals surface area contributed by atoms with Crippen LogP contribution in [0.15, 0.2) is 0 Å². The Balaban J connectivity index is 2.46.